The van der Waals surface area contributed by atoms with Crippen molar-refractivity contribution in [2.24, 2.45) is 5.92 Å². The summed E-state index contributed by atoms with van der Waals surface area (Å²) in [4.78, 5) is 0. The van der Waals surface area contributed by atoms with Gasteiger partial charge in [0.15, 0.2) is 0 Å². The van der Waals surface area contributed by atoms with E-state index < -0.39 is 0 Å². The van der Waals surface area contributed by atoms with Crippen molar-refractivity contribution in [1.82, 2.24) is 0 Å². The Hall–Kier alpha value is -1.09. The zero-order valence-corrected chi connectivity index (χ0v) is 10.1. The summed E-state index contributed by atoms with van der Waals surface area (Å²) >= 11 is 0. The Morgan fingerprint density at radius 2 is 2.00 bits per heavy atom. The summed E-state index contributed by atoms with van der Waals surface area (Å²) in [5.74, 6) is 0.380. The quantitative estimate of drug-likeness (QED) is 0.813. The molecule has 17 heavy (non-hydrogen) atoms. The van der Waals surface area contributed by atoms with Crippen LogP contribution >= 0.6 is 0 Å². The molecule has 1 aliphatic rings. The van der Waals surface area contributed by atoms with E-state index in [-0.39, 0.29) is 12.4 Å². The molecule has 1 aromatic carbocycles. The van der Waals surface area contributed by atoms with Crippen LogP contribution in [0.2, 0.25) is 0 Å². The minimum absolute atomic E-state index is 0.270. The van der Waals surface area contributed by atoms with E-state index in [0.717, 1.165) is 6.61 Å². The Morgan fingerprint density at radius 3 is 2.71 bits per heavy atom. The Kier molecular flexibility index (Phi) is 4.37. The first-order chi connectivity index (χ1) is 8.27. The van der Waals surface area contributed by atoms with Crippen molar-refractivity contribution in [2.45, 2.75) is 38.7 Å². The molecule has 0 bridgehead atoms. The number of halogens is 1. The lowest BCUT2D eigenvalue weighted by Crippen LogP contribution is -2.14. The third kappa shape index (κ3) is 3.43. The summed E-state index contributed by atoms with van der Waals surface area (Å²) in [7, 11) is 0. The topological polar surface area (TPSA) is 35.2 Å². The molecule has 0 saturated heterocycles. The Balaban J connectivity index is 1.81. The summed E-state index contributed by atoms with van der Waals surface area (Å²) in [6.07, 6.45) is 6.43. The second kappa shape index (κ2) is 6.01. The largest absolute Gasteiger partial charge is 0.398 e. The molecule has 1 fully saturated rings. The van der Waals surface area contributed by atoms with Crippen LogP contribution in [0.25, 0.3) is 0 Å². The number of anilines is 1. The van der Waals surface area contributed by atoms with Gasteiger partial charge in [-0.1, -0.05) is 25.3 Å². The van der Waals surface area contributed by atoms with Gasteiger partial charge in [0.1, 0.15) is 5.82 Å². The summed E-state index contributed by atoms with van der Waals surface area (Å²) in [5.41, 5.74) is 6.69. The van der Waals surface area contributed by atoms with Crippen LogP contribution in [0.15, 0.2) is 18.2 Å². The summed E-state index contributed by atoms with van der Waals surface area (Å²) in [6.45, 7) is 1.02. The normalized spacial score (nSPS) is 17.2. The SMILES string of the molecule is Nc1cccc(F)c1COCC1CCCCC1. The Labute approximate surface area is 102 Å². The second-order valence-electron chi connectivity index (χ2n) is 4.83. The van der Waals surface area contributed by atoms with Gasteiger partial charge in [0.05, 0.1) is 6.61 Å². The van der Waals surface area contributed by atoms with E-state index in [1.54, 1.807) is 12.1 Å². The fraction of sp³-hybridized carbons (Fsp3) is 0.571. The maximum atomic E-state index is 13.5. The van der Waals surface area contributed by atoms with E-state index in [0.29, 0.717) is 17.2 Å². The summed E-state index contributed by atoms with van der Waals surface area (Å²) in [5, 5.41) is 0. The van der Waals surface area contributed by atoms with Crippen molar-refractivity contribution in [3.8, 4) is 0 Å². The fourth-order valence-corrected chi connectivity index (χ4v) is 2.41. The average molecular weight is 237 g/mol. The highest BCUT2D eigenvalue weighted by Gasteiger charge is 2.14. The molecule has 2 N–H and O–H groups in total. The lowest BCUT2D eigenvalue weighted by atomic mass is 9.90. The predicted octanol–water partition coefficient (Wildman–Crippen LogP) is 3.50. The van der Waals surface area contributed by atoms with E-state index in [1.165, 1.54) is 38.2 Å². The monoisotopic (exact) mass is 237 g/mol. The minimum Gasteiger partial charge on any atom is -0.398 e. The van der Waals surface area contributed by atoms with Gasteiger partial charge < -0.3 is 10.5 Å². The molecule has 0 radical (unpaired) electrons. The number of ether oxygens (including phenoxy) is 1. The van der Waals surface area contributed by atoms with Crippen LogP contribution in [0.1, 0.15) is 37.7 Å². The molecule has 0 spiro atoms. The molecule has 1 aliphatic carbocycles. The molecule has 94 valence electrons. The number of rotatable bonds is 4. The number of benzene rings is 1. The van der Waals surface area contributed by atoms with E-state index in [9.17, 15) is 4.39 Å². The van der Waals surface area contributed by atoms with Gasteiger partial charge in [-0.25, -0.2) is 4.39 Å². The van der Waals surface area contributed by atoms with Gasteiger partial charge in [0, 0.05) is 17.9 Å². The van der Waals surface area contributed by atoms with Gasteiger partial charge in [-0.15, -0.1) is 0 Å². The van der Waals surface area contributed by atoms with Crippen molar-refractivity contribution in [3.63, 3.8) is 0 Å². The second-order valence-corrected chi connectivity index (χ2v) is 4.83. The molecule has 0 aliphatic heterocycles. The van der Waals surface area contributed by atoms with Crippen LogP contribution in [0.3, 0.4) is 0 Å². The van der Waals surface area contributed by atoms with Crippen molar-refractivity contribution < 1.29 is 9.13 Å². The first kappa shape index (κ1) is 12.4. The van der Waals surface area contributed by atoms with Crippen LogP contribution < -0.4 is 5.73 Å². The maximum absolute atomic E-state index is 13.5. The molecule has 2 rings (SSSR count). The van der Waals surface area contributed by atoms with E-state index in [1.807, 2.05) is 0 Å². The number of nitrogens with two attached hydrogens (primary N) is 1. The van der Waals surface area contributed by atoms with Crippen molar-refractivity contribution >= 4 is 5.69 Å². The van der Waals surface area contributed by atoms with E-state index in [2.05, 4.69) is 0 Å². The van der Waals surface area contributed by atoms with Gasteiger partial charge in [0.25, 0.3) is 0 Å². The maximum Gasteiger partial charge on any atom is 0.130 e. The zero-order chi connectivity index (χ0) is 12.1. The molecule has 1 aromatic rings. The van der Waals surface area contributed by atoms with Crippen molar-refractivity contribution in [3.05, 3.63) is 29.6 Å². The smallest absolute Gasteiger partial charge is 0.130 e. The molecule has 1 saturated carbocycles. The highest BCUT2D eigenvalue weighted by Crippen LogP contribution is 2.24. The predicted molar refractivity (Wildman–Crippen MR) is 67.0 cm³/mol. The van der Waals surface area contributed by atoms with Crippen LogP contribution in [0, 0.1) is 11.7 Å². The van der Waals surface area contributed by atoms with Crippen LogP contribution in [-0.2, 0) is 11.3 Å². The molecule has 0 unspecified atom stereocenters. The van der Waals surface area contributed by atoms with Crippen LogP contribution in [0.5, 0.6) is 0 Å². The van der Waals surface area contributed by atoms with Crippen LogP contribution in [0.4, 0.5) is 10.1 Å². The first-order valence-electron chi connectivity index (χ1n) is 6.38. The minimum atomic E-state index is -0.270. The lowest BCUT2D eigenvalue weighted by molar-refractivity contribution is 0.0726. The molecule has 0 atom stereocenters. The van der Waals surface area contributed by atoms with Crippen LogP contribution in [-0.4, -0.2) is 6.61 Å². The number of hydrogen-bond donors (Lipinski definition) is 1. The third-order valence-electron chi connectivity index (χ3n) is 3.48. The van der Waals surface area contributed by atoms with Gasteiger partial charge in [0.2, 0.25) is 0 Å². The summed E-state index contributed by atoms with van der Waals surface area (Å²) < 4.78 is 19.1. The number of hydrogen-bond acceptors (Lipinski definition) is 2. The third-order valence-corrected chi connectivity index (χ3v) is 3.48. The van der Waals surface area contributed by atoms with E-state index >= 15 is 0 Å². The Bertz CT molecular complexity index is 341. The average Bonchev–Trinajstić information content (AvgIpc) is 2.34. The fourth-order valence-electron chi connectivity index (χ4n) is 2.41. The highest BCUT2D eigenvalue weighted by atomic mass is 19.1. The van der Waals surface area contributed by atoms with Gasteiger partial charge in [-0.3, -0.25) is 0 Å². The number of nitrogen functional groups attached to an aromatic ring is 1. The van der Waals surface area contributed by atoms with Gasteiger partial charge in [-0.05, 0) is 30.9 Å². The summed E-state index contributed by atoms with van der Waals surface area (Å²) in [6, 6.07) is 4.76. The molecule has 0 aromatic heterocycles. The van der Waals surface area contributed by atoms with Gasteiger partial charge >= 0.3 is 0 Å². The molecular formula is C14H20FNO. The lowest BCUT2D eigenvalue weighted by Gasteiger charge is -2.21. The molecule has 2 nitrogen and oxygen atoms in total. The molecule has 0 heterocycles. The van der Waals surface area contributed by atoms with Crippen molar-refractivity contribution in [2.75, 3.05) is 12.3 Å². The van der Waals surface area contributed by atoms with E-state index in [4.69, 9.17) is 10.5 Å². The Morgan fingerprint density at radius 1 is 1.24 bits per heavy atom. The van der Waals surface area contributed by atoms with Gasteiger partial charge in [-0.2, -0.15) is 0 Å². The molecule has 3 heteroatoms. The standard InChI is InChI=1S/C14H20FNO/c15-13-7-4-8-14(16)12(13)10-17-9-11-5-2-1-3-6-11/h4,7-8,11H,1-3,5-6,9-10,16H2. The highest BCUT2D eigenvalue weighted by molar-refractivity contribution is 5.46. The molecular weight excluding hydrogens is 217 g/mol. The zero-order valence-electron chi connectivity index (χ0n) is 10.1. The van der Waals surface area contributed by atoms with Crippen molar-refractivity contribution in [1.29, 1.82) is 0 Å². The molecule has 0 amide bonds. The first-order valence-corrected chi connectivity index (χ1v) is 6.38.